The van der Waals surface area contributed by atoms with Crippen molar-refractivity contribution in [2.24, 2.45) is 0 Å². The van der Waals surface area contributed by atoms with Crippen LogP contribution in [0, 0.1) is 0 Å². The molecule has 1 aliphatic heterocycles. The van der Waals surface area contributed by atoms with Gasteiger partial charge >= 0.3 is 0 Å². The number of fused-ring (bicyclic) bond motifs is 1. The number of Topliss-reactive ketones (excluding diaryl/α,β-unsaturated/α-hetero) is 1. The molecule has 0 spiro atoms. The van der Waals surface area contributed by atoms with Gasteiger partial charge in [-0.25, -0.2) is 0 Å². The number of methoxy groups -OCH3 is 1. The van der Waals surface area contributed by atoms with Crippen molar-refractivity contribution in [3.05, 3.63) is 53.6 Å². The zero-order valence-corrected chi connectivity index (χ0v) is 11.8. The van der Waals surface area contributed by atoms with Crippen molar-refractivity contribution in [3.8, 4) is 17.2 Å². The Morgan fingerprint density at radius 3 is 2.62 bits per heavy atom. The molecule has 1 heterocycles. The van der Waals surface area contributed by atoms with Crippen molar-refractivity contribution in [1.82, 2.24) is 0 Å². The Bertz CT molecular complexity index is 646. The van der Waals surface area contributed by atoms with Crippen molar-refractivity contribution in [1.29, 1.82) is 0 Å². The van der Waals surface area contributed by atoms with E-state index in [9.17, 15) is 4.79 Å². The molecule has 2 aromatic rings. The molecule has 3 rings (SSSR count). The van der Waals surface area contributed by atoms with Crippen LogP contribution >= 0.6 is 0 Å². The van der Waals surface area contributed by atoms with Crippen LogP contribution in [0.15, 0.2) is 42.5 Å². The number of carbonyl (C=O) groups is 1. The zero-order chi connectivity index (χ0) is 14.7. The summed E-state index contributed by atoms with van der Waals surface area (Å²) in [7, 11) is 1.64. The summed E-state index contributed by atoms with van der Waals surface area (Å²) in [6.45, 7) is 0.221. The van der Waals surface area contributed by atoms with Gasteiger partial charge in [-0.2, -0.15) is 0 Å². The predicted molar refractivity (Wildman–Crippen MR) is 78.2 cm³/mol. The standard InChI is InChI=1S/C17H16O4/c1-19-14-6-2-12(3-7-14)4-8-15(18)13-5-9-16-17(10-13)21-11-20-16/h2-3,5-7,9-10H,4,8,11H2,1H3. The molecular formula is C17H16O4. The Morgan fingerprint density at radius 1 is 1.10 bits per heavy atom. The lowest BCUT2D eigenvalue weighted by Crippen LogP contribution is -2.01. The number of carbonyl (C=O) groups excluding carboxylic acids is 1. The maximum absolute atomic E-state index is 12.2. The molecule has 0 amide bonds. The number of rotatable bonds is 5. The molecule has 0 radical (unpaired) electrons. The lowest BCUT2D eigenvalue weighted by molar-refractivity contribution is 0.0982. The van der Waals surface area contributed by atoms with Gasteiger partial charge < -0.3 is 14.2 Å². The van der Waals surface area contributed by atoms with Crippen molar-refractivity contribution in [3.63, 3.8) is 0 Å². The van der Waals surface area contributed by atoms with E-state index in [0.29, 0.717) is 29.9 Å². The summed E-state index contributed by atoms with van der Waals surface area (Å²) in [6, 6.07) is 13.1. The molecule has 0 aliphatic carbocycles. The van der Waals surface area contributed by atoms with Gasteiger partial charge in [0.15, 0.2) is 17.3 Å². The minimum absolute atomic E-state index is 0.101. The first-order valence-corrected chi connectivity index (χ1v) is 6.82. The SMILES string of the molecule is COc1ccc(CCC(=O)c2ccc3c(c2)OCO3)cc1. The van der Waals surface area contributed by atoms with Crippen LogP contribution in [-0.2, 0) is 6.42 Å². The first kappa shape index (κ1) is 13.5. The van der Waals surface area contributed by atoms with Crippen LogP contribution in [0.2, 0.25) is 0 Å². The highest BCUT2D eigenvalue weighted by atomic mass is 16.7. The van der Waals surface area contributed by atoms with Crippen LogP contribution < -0.4 is 14.2 Å². The minimum atomic E-state index is 0.101. The molecule has 0 fully saturated rings. The number of ether oxygens (including phenoxy) is 3. The summed E-state index contributed by atoms with van der Waals surface area (Å²) in [5.74, 6) is 2.26. The first-order valence-electron chi connectivity index (χ1n) is 6.82. The molecule has 2 aromatic carbocycles. The van der Waals surface area contributed by atoms with Crippen LogP contribution in [0.25, 0.3) is 0 Å². The molecule has 0 saturated heterocycles. The Kier molecular flexibility index (Phi) is 3.77. The summed E-state index contributed by atoms with van der Waals surface area (Å²) < 4.78 is 15.6. The smallest absolute Gasteiger partial charge is 0.231 e. The Labute approximate surface area is 123 Å². The molecule has 21 heavy (non-hydrogen) atoms. The van der Waals surface area contributed by atoms with E-state index in [2.05, 4.69) is 0 Å². The normalized spacial score (nSPS) is 12.2. The Hall–Kier alpha value is -2.49. The molecular weight excluding hydrogens is 268 g/mol. The summed E-state index contributed by atoms with van der Waals surface area (Å²) in [6.07, 6.45) is 1.17. The summed E-state index contributed by atoms with van der Waals surface area (Å²) in [4.78, 5) is 12.2. The molecule has 0 atom stereocenters. The maximum Gasteiger partial charge on any atom is 0.231 e. The average molecular weight is 284 g/mol. The van der Waals surface area contributed by atoms with Crippen LogP contribution in [0.4, 0.5) is 0 Å². The van der Waals surface area contributed by atoms with Gasteiger partial charge in [0.2, 0.25) is 6.79 Å². The number of hydrogen-bond acceptors (Lipinski definition) is 4. The topological polar surface area (TPSA) is 44.8 Å². The van der Waals surface area contributed by atoms with Crippen molar-refractivity contribution in [2.45, 2.75) is 12.8 Å². The van der Waals surface area contributed by atoms with Crippen molar-refractivity contribution in [2.75, 3.05) is 13.9 Å². The predicted octanol–water partition coefficient (Wildman–Crippen LogP) is 3.24. The lowest BCUT2D eigenvalue weighted by Gasteiger charge is -2.04. The molecule has 108 valence electrons. The van der Waals surface area contributed by atoms with E-state index in [1.54, 1.807) is 25.3 Å². The quantitative estimate of drug-likeness (QED) is 0.791. The van der Waals surface area contributed by atoms with Gasteiger partial charge in [0, 0.05) is 12.0 Å². The third-order valence-corrected chi connectivity index (χ3v) is 3.49. The molecule has 1 aliphatic rings. The monoisotopic (exact) mass is 284 g/mol. The van der Waals surface area contributed by atoms with Gasteiger partial charge in [0.25, 0.3) is 0 Å². The van der Waals surface area contributed by atoms with Gasteiger partial charge in [-0.1, -0.05) is 12.1 Å². The highest BCUT2D eigenvalue weighted by Crippen LogP contribution is 2.32. The van der Waals surface area contributed by atoms with E-state index in [1.165, 1.54) is 0 Å². The van der Waals surface area contributed by atoms with Crippen LogP contribution in [0.5, 0.6) is 17.2 Å². The number of aryl methyl sites for hydroxylation is 1. The summed E-state index contributed by atoms with van der Waals surface area (Å²) >= 11 is 0. The van der Waals surface area contributed by atoms with E-state index in [-0.39, 0.29) is 12.6 Å². The molecule has 0 bridgehead atoms. The second-order valence-electron chi connectivity index (χ2n) is 4.84. The van der Waals surface area contributed by atoms with Gasteiger partial charge in [-0.05, 0) is 42.3 Å². The van der Waals surface area contributed by atoms with Gasteiger partial charge in [0.1, 0.15) is 5.75 Å². The lowest BCUT2D eigenvalue weighted by atomic mass is 10.0. The molecule has 4 heteroatoms. The van der Waals surface area contributed by atoms with E-state index in [4.69, 9.17) is 14.2 Å². The maximum atomic E-state index is 12.2. The first-order chi connectivity index (χ1) is 10.3. The van der Waals surface area contributed by atoms with Crippen molar-refractivity contribution >= 4 is 5.78 Å². The highest BCUT2D eigenvalue weighted by molar-refractivity contribution is 5.96. The average Bonchev–Trinajstić information content (AvgIpc) is 3.00. The van der Waals surface area contributed by atoms with E-state index in [0.717, 1.165) is 11.3 Å². The second kappa shape index (κ2) is 5.87. The molecule has 0 saturated carbocycles. The summed E-state index contributed by atoms with van der Waals surface area (Å²) in [5, 5.41) is 0. The molecule has 0 unspecified atom stereocenters. The van der Waals surface area contributed by atoms with E-state index < -0.39 is 0 Å². The molecule has 0 N–H and O–H groups in total. The van der Waals surface area contributed by atoms with Crippen LogP contribution in [0.3, 0.4) is 0 Å². The van der Waals surface area contributed by atoms with Crippen LogP contribution in [-0.4, -0.2) is 19.7 Å². The number of ketones is 1. The number of hydrogen-bond donors (Lipinski definition) is 0. The minimum Gasteiger partial charge on any atom is -0.497 e. The third kappa shape index (κ3) is 2.99. The number of benzene rings is 2. The second-order valence-corrected chi connectivity index (χ2v) is 4.84. The summed E-state index contributed by atoms with van der Waals surface area (Å²) in [5.41, 5.74) is 1.78. The van der Waals surface area contributed by atoms with Gasteiger partial charge in [-0.15, -0.1) is 0 Å². The van der Waals surface area contributed by atoms with Crippen LogP contribution in [0.1, 0.15) is 22.3 Å². The molecule has 4 nitrogen and oxygen atoms in total. The largest absolute Gasteiger partial charge is 0.497 e. The molecule has 0 aromatic heterocycles. The van der Waals surface area contributed by atoms with E-state index >= 15 is 0 Å². The van der Waals surface area contributed by atoms with Gasteiger partial charge in [0.05, 0.1) is 7.11 Å². The fourth-order valence-corrected chi connectivity index (χ4v) is 2.26. The van der Waals surface area contributed by atoms with E-state index in [1.807, 2.05) is 24.3 Å². The zero-order valence-electron chi connectivity index (χ0n) is 11.8. The fourth-order valence-electron chi connectivity index (χ4n) is 2.26. The highest BCUT2D eigenvalue weighted by Gasteiger charge is 2.16. The van der Waals surface area contributed by atoms with Crippen molar-refractivity contribution < 1.29 is 19.0 Å². The third-order valence-electron chi connectivity index (χ3n) is 3.49. The Balaban J connectivity index is 1.63. The van der Waals surface area contributed by atoms with Gasteiger partial charge in [-0.3, -0.25) is 4.79 Å². The Morgan fingerprint density at radius 2 is 1.86 bits per heavy atom. The fraction of sp³-hybridized carbons (Fsp3) is 0.235.